The molecule has 0 atom stereocenters. The van der Waals surface area contributed by atoms with Crippen molar-refractivity contribution in [1.29, 1.82) is 0 Å². The predicted molar refractivity (Wildman–Crippen MR) is 104 cm³/mol. The number of carbonyl (C=O) groups excluding carboxylic acids is 1. The van der Waals surface area contributed by atoms with E-state index in [9.17, 15) is 4.79 Å². The fourth-order valence-electron chi connectivity index (χ4n) is 2.86. The van der Waals surface area contributed by atoms with E-state index in [1.54, 1.807) is 0 Å². The smallest absolute Gasteiger partial charge is 0.291 e. The first-order chi connectivity index (χ1) is 10.2. The van der Waals surface area contributed by atoms with Crippen molar-refractivity contribution in [3.8, 4) is 0 Å². The van der Waals surface area contributed by atoms with Crippen LogP contribution in [0.15, 0.2) is 0 Å². The van der Waals surface area contributed by atoms with Crippen LogP contribution in [-0.4, -0.2) is 33.1 Å². The van der Waals surface area contributed by atoms with Crippen molar-refractivity contribution >= 4 is 33.1 Å². The summed E-state index contributed by atoms with van der Waals surface area (Å²) in [6, 6.07) is 1.31. The second-order valence-electron chi connectivity index (χ2n) is 7.88. The van der Waals surface area contributed by atoms with Crippen LogP contribution in [0.1, 0.15) is 57.8 Å². The Labute approximate surface area is 143 Å². The van der Waals surface area contributed by atoms with E-state index >= 15 is 0 Å². The molecule has 0 aliphatic heterocycles. The number of hydrogen-bond acceptors (Lipinski definition) is 3. The van der Waals surface area contributed by atoms with Crippen molar-refractivity contribution in [3.63, 3.8) is 0 Å². The third-order valence-electron chi connectivity index (χ3n) is 3.72. The lowest BCUT2D eigenvalue weighted by Crippen LogP contribution is -2.42. The summed E-state index contributed by atoms with van der Waals surface area (Å²) in [6.45, 7) is 11.6. The highest BCUT2D eigenvalue weighted by Crippen LogP contribution is 2.21. The molecular weight excluding hydrogens is 324 g/mol. The van der Waals surface area contributed by atoms with Crippen molar-refractivity contribution in [1.82, 2.24) is 0 Å². The van der Waals surface area contributed by atoms with Gasteiger partial charge in [-0.1, -0.05) is 44.9 Å². The number of rotatable bonds is 13. The molecule has 0 aromatic heterocycles. The molecule has 0 aliphatic rings. The van der Waals surface area contributed by atoms with Gasteiger partial charge in [0.25, 0.3) is 5.97 Å². The molecule has 0 aromatic rings. The molecular formula is C16H38O3Si3. The fourth-order valence-corrected chi connectivity index (χ4v) is 11.2. The summed E-state index contributed by atoms with van der Waals surface area (Å²) in [5.41, 5.74) is 0. The Bertz CT molecular complexity index is 302. The van der Waals surface area contributed by atoms with Crippen molar-refractivity contribution in [2.24, 2.45) is 0 Å². The van der Waals surface area contributed by atoms with Gasteiger partial charge < -0.3 is 8.54 Å². The van der Waals surface area contributed by atoms with Crippen LogP contribution in [0.4, 0.5) is 0 Å². The largest absolute Gasteiger partial charge is 0.529 e. The molecule has 0 amide bonds. The SMILES string of the molecule is C[Si](C)(C)O[Si](C)(C)CCCCCCCCCCC(=O)O[SiH3]. The van der Waals surface area contributed by atoms with Crippen LogP contribution in [-0.2, 0) is 13.3 Å². The zero-order valence-electron chi connectivity index (χ0n) is 15.8. The zero-order valence-corrected chi connectivity index (χ0v) is 19.8. The highest BCUT2D eigenvalue weighted by Gasteiger charge is 2.28. The van der Waals surface area contributed by atoms with Gasteiger partial charge in [0.2, 0.25) is 10.5 Å². The highest BCUT2D eigenvalue weighted by atomic mass is 28.4. The predicted octanol–water partition coefficient (Wildman–Crippen LogP) is 4.38. The summed E-state index contributed by atoms with van der Waals surface area (Å²) in [6.07, 6.45) is 10.7. The minimum Gasteiger partial charge on any atom is -0.529 e. The van der Waals surface area contributed by atoms with E-state index in [-0.39, 0.29) is 5.97 Å². The summed E-state index contributed by atoms with van der Waals surface area (Å²) in [7, 11) is -2.25. The van der Waals surface area contributed by atoms with Gasteiger partial charge in [-0.2, -0.15) is 0 Å². The van der Waals surface area contributed by atoms with Crippen molar-refractivity contribution in [2.75, 3.05) is 0 Å². The maximum Gasteiger partial charge on any atom is 0.291 e. The summed E-state index contributed by atoms with van der Waals surface area (Å²) < 4.78 is 11.1. The minimum absolute atomic E-state index is 0.0148. The Balaban J connectivity index is 3.42. The third-order valence-corrected chi connectivity index (χ3v) is 10.4. The van der Waals surface area contributed by atoms with E-state index in [2.05, 4.69) is 32.7 Å². The van der Waals surface area contributed by atoms with Crippen molar-refractivity contribution < 1.29 is 13.3 Å². The van der Waals surface area contributed by atoms with Gasteiger partial charge in [0.1, 0.15) is 0 Å². The third kappa shape index (κ3) is 15.0. The van der Waals surface area contributed by atoms with Crippen LogP contribution < -0.4 is 0 Å². The van der Waals surface area contributed by atoms with Gasteiger partial charge in [-0.15, -0.1) is 0 Å². The first-order valence-electron chi connectivity index (χ1n) is 8.93. The van der Waals surface area contributed by atoms with E-state index in [4.69, 9.17) is 8.54 Å². The molecule has 6 heteroatoms. The second-order valence-corrected chi connectivity index (χ2v) is 17.3. The topological polar surface area (TPSA) is 35.5 Å². The maximum absolute atomic E-state index is 11.0. The summed E-state index contributed by atoms with van der Waals surface area (Å²) in [5, 5.41) is 0. The van der Waals surface area contributed by atoms with E-state index in [1.165, 1.54) is 51.0 Å². The molecule has 0 N–H and O–H groups in total. The van der Waals surface area contributed by atoms with Gasteiger partial charge in [0.15, 0.2) is 16.6 Å². The van der Waals surface area contributed by atoms with Crippen molar-refractivity contribution in [2.45, 2.75) is 96.6 Å². The minimum atomic E-state index is -1.42. The normalized spacial score (nSPS) is 12.6. The summed E-state index contributed by atoms with van der Waals surface area (Å²) in [4.78, 5) is 11.0. The monoisotopic (exact) mass is 362 g/mol. The maximum atomic E-state index is 11.0. The summed E-state index contributed by atoms with van der Waals surface area (Å²) >= 11 is 0. The molecule has 0 saturated heterocycles. The summed E-state index contributed by atoms with van der Waals surface area (Å²) in [5.74, 6) is -0.0148. The highest BCUT2D eigenvalue weighted by molar-refractivity contribution is 6.84. The van der Waals surface area contributed by atoms with Gasteiger partial charge in [-0.25, -0.2) is 0 Å². The number of carbonyl (C=O) groups is 1. The molecule has 0 aliphatic carbocycles. The first kappa shape index (κ1) is 22.1. The van der Waals surface area contributed by atoms with Crippen LogP contribution in [0.2, 0.25) is 38.8 Å². The second kappa shape index (κ2) is 11.6. The van der Waals surface area contributed by atoms with Gasteiger partial charge in [-0.3, -0.25) is 4.79 Å². The molecule has 0 bridgehead atoms. The van der Waals surface area contributed by atoms with Crippen LogP contribution in [0, 0.1) is 0 Å². The van der Waals surface area contributed by atoms with Gasteiger partial charge in [0, 0.05) is 6.42 Å². The fraction of sp³-hybridized carbons (Fsp3) is 0.938. The van der Waals surface area contributed by atoms with E-state index < -0.39 is 16.6 Å². The van der Waals surface area contributed by atoms with Gasteiger partial charge in [0.05, 0.1) is 0 Å². The average molecular weight is 363 g/mol. The first-order valence-corrected chi connectivity index (χ1v) is 16.3. The molecule has 0 spiro atoms. The van der Waals surface area contributed by atoms with Crippen LogP contribution in [0.5, 0.6) is 0 Å². The molecule has 0 rings (SSSR count). The molecule has 0 aromatic carbocycles. The molecule has 0 heterocycles. The van der Waals surface area contributed by atoms with E-state index in [0.717, 1.165) is 6.42 Å². The lowest BCUT2D eigenvalue weighted by atomic mass is 10.1. The zero-order chi connectivity index (χ0) is 17.1. The lowest BCUT2D eigenvalue weighted by molar-refractivity contribution is -0.134. The number of unbranched alkanes of at least 4 members (excludes halogenated alkanes) is 7. The standard InChI is InChI=1S/C16H38O3Si3/c1-21(2,3)19-22(4,5)15-13-11-9-7-6-8-10-12-14-16(17)18-20/h6-15H2,1-5,20H3. The quantitative estimate of drug-likeness (QED) is 0.360. The van der Waals surface area contributed by atoms with Gasteiger partial charge in [-0.05, 0) is 45.2 Å². The Morgan fingerprint density at radius 1 is 0.818 bits per heavy atom. The molecule has 0 unspecified atom stereocenters. The van der Waals surface area contributed by atoms with Gasteiger partial charge >= 0.3 is 0 Å². The van der Waals surface area contributed by atoms with Crippen molar-refractivity contribution in [3.05, 3.63) is 0 Å². The van der Waals surface area contributed by atoms with Crippen LogP contribution in [0.25, 0.3) is 0 Å². The average Bonchev–Trinajstić information content (AvgIpc) is 2.37. The molecule has 0 saturated carbocycles. The van der Waals surface area contributed by atoms with Crippen LogP contribution >= 0.6 is 0 Å². The molecule has 0 radical (unpaired) electrons. The Kier molecular flexibility index (Phi) is 11.6. The van der Waals surface area contributed by atoms with Crippen LogP contribution in [0.3, 0.4) is 0 Å². The molecule has 22 heavy (non-hydrogen) atoms. The van der Waals surface area contributed by atoms with E-state index in [0.29, 0.717) is 16.9 Å². The molecule has 0 fully saturated rings. The van der Waals surface area contributed by atoms with E-state index in [1.807, 2.05) is 0 Å². The Hall–Kier alpha value is 0.0806. The Morgan fingerprint density at radius 2 is 1.27 bits per heavy atom. The lowest BCUT2D eigenvalue weighted by Gasteiger charge is -2.31. The Morgan fingerprint density at radius 3 is 1.73 bits per heavy atom. The molecule has 132 valence electrons. The molecule has 3 nitrogen and oxygen atoms in total. The number of hydrogen-bond donors (Lipinski definition) is 0.